The highest BCUT2D eigenvalue weighted by Gasteiger charge is 2.25. The van der Waals surface area contributed by atoms with Crippen LogP contribution in [0.1, 0.15) is 39.2 Å². The lowest BCUT2D eigenvalue weighted by atomic mass is 9.85. The van der Waals surface area contributed by atoms with Crippen molar-refractivity contribution in [3.05, 3.63) is 33.9 Å². The molecule has 1 aromatic carbocycles. The second kappa shape index (κ2) is 7.57. The summed E-state index contributed by atoms with van der Waals surface area (Å²) in [6.07, 6.45) is 0.276. The first kappa shape index (κ1) is 18.4. The molecule has 0 radical (unpaired) electrons. The Morgan fingerprint density at radius 3 is 2.48 bits per heavy atom. The number of amides is 2. The summed E-state index contributed by atoms with van der Waals surface area (Å²) in [5.41, 5.74) is 0.441. The third kappa shape index (κ3) is 5.93. The second-order valence-electron chi connectivity index (χ2n) is 6.12. The van der Waals surface area contributed by atoms with Crippen LogP contribution in [0.2, 0.25) is 0 Å². The molecule has 0 saturated heterocycles. The van der Waals surface area contributed by atoms with E-state index in [1.54, 1.807) is 12.1 Å². The Labute approximate surface area is 134 Å². The number of nitrogens with zero attached hydrogens (tertiary/aromatic N) is 1. The molecule has 2 amide bonds. The van der Waals surface area contributed by atoms with Gasteiger partial charge in [-0.05, 0) is 24.0 Å². The molecule has 0 heterocycles. The molecule has 3 N–H and O–H groups in total. The monoisotopic (exact) mass is 323 g/mol. The summed E-state index contributed by atoms with van der Waals surface area (Å²) >= 11 is 0. The zero-order valence-electron chi connectivity index (χ0n) is 13.4. The fourth-order valence-electron chi connectivity index (χ4n) is 2.01. The van der Waals surface area contributed by atoms with Gasteiger partial charge in [0, 0.05) is 30.3 Å². The van der Waals surface area contributed by atoms with E-state index in [9.17, 15) is 19.7 Å². The molecule has 0 spiro atoms. The number of aliphatic carboxylic acids is 1. The predicted octanol–water partition coefficient (Wildman–Crippen LogP) is 2.88. The number of nitro groups is 1. The lowest BCUT2D eigenvalue weighted by Crippen LogP contribution is -2.29. The van der Waals surface area contributed by atoms with Crippen LogP contribution in [-0.4, -0.2) is 28.6 Å². The first-order chi connectivity index (χ1) is 10.6. The van der Waals surface area contributed by atoms with Gasteiger partial charge in [0.25, 0.3) is 5.69 Å². The number of hydrogen-bond acceptors (Lipinski definition) is 4. The Kier molecular flexibility index (Phi) is 6.06. The van der Waals surface area contributed by atoms with Gasteiger partial charge in [-0.2, -0.15) is 0 Å². The van der Waals surface area contributed by atoms with E-state index in [-0.39, 0.29) is 24.1 Å². The number of carboxylic acid groups (broad SMARTS) is 1. The molecule has 1 rings (SSSR count). The van der Waals surface area contributed by atoms with Gasteiger partial charge in [0.15, 0.2) is 0 Å². The average Bonchev–Trinajstić information content (AvgIpc) is 2.42. The van der Waals surface area contributed by atoms with Crippen molar-refractivity contribution in [3.8, 4) is 0 Å². The third-order valence-electron chi connectivity index (χ3n) is 3.11. The minimum atomic E-state index is -0.930. The molecule has 23 heavy (non-hydrogen) atoms. The van der Waals surface area contributed by atoms with E-state index in [0.29, 0.717) is 17.7 Å². The summed E-state index contributed by atoms with van der Waals surface area (Å²) < 4.78 is 0. The lowest BCUT2D eigenvalue weighted by Gasteiger charge is -2.19. The van der Waals surface area contributed by atoms with Crippen molar-refractivity contribution in [2.24, 2.45) is 0 Å². The largest absolute Gasteiger partial charge is 0.481 e. The highest BCUT2D eigenvalue weighted by atomic mass is 16.6. The van der Waals surface area contributed by atoms with Crippen molar-refractivity contribution < 1.29 is 19.6 Å². The van der Waals surface area contributed by atoms with Crippen molar-refractivity contribution in [1.82, 2.24) is 5.32 Å². The third-order valence-corrected chi connectivity index (χ3v) is 3.11. The van der Waals surface area contributed by atoms with Crippen LogP contribution < -0.4 is 10.6 Å². The number of nitrogens with one attached hydrogen (secondary N) is 2. The molecule has 126 valence electrons. The molecule has 8 nitrogen and oxygen atoms in total. The van der Waals surface area contributed by atoms with E-state index >= 15 is 0 Å². The number of urea groups is 1. The van der Waals surface area contributed by atoms with Crippen LogP contribution in [0.25, 0.3) is 0 Å². The molecule has 0 bridgehead atoms. The van der Waals surface area contributed by atoms with Gasteiger partial charge in [-0.15, -0.1) is 0 Å². The van der Waals surface area contributed by atoms with Crippen LogP contribution in [0.15, 0.2) is 18.2 Å². The van der Waals surface area contributed by atoms with Gasteiger partial charge in [0.1, 0.15) is 0 Å². The Hall–Kier alpha value is -2.64. The van der Waals surface area contributed by atoms with Crippen molar-refractivity contribution in [1.29, 1.82) is 0 Å². The van der Waals surface area contributed by atoms with Crippen LogP contribution in [0, 0.1) is 10.1 Å². The maximum absolute atomic E-state index is 11.7. The van der Waals surface area contributed by atoms with Gasteiger partial charge < -0.3 is 15.7 Å². The molecular formula is C15H21N3O5. The van der Waals surface area contributed by atoms with Gasteiger partial charge in [-0.3, -0.25) is 14.9 Å². The van der Waals surface area contributed by atoms with E-state index in [0.717, 1.165) is 0 Å². The summed E-state index contributed by atoms with van der Waals surface area (Å²) in [6, 6.07) is 4.01. The zero-order valence-corrected chi connectivity index (χ0v) is 13.4. The Morgan fingerprint density at radius 2 is 1.96 bits per heavy atom. The van der Waals surface area contributed by atoms with Crippen LogP contribution in [-0.2, 0) is 10.2 Å². The SMILES string of the molecule is CC(C)(C)c1ccc(NC(=O)NCCCC(=O)O)cc1[N+](=O)[O-]. The standard InChI is InChI=1S/C15H21N3O5/c1-15(2,3)11-7-6-10(9-12(11)18(22)23)17-14(21)16-8-4-5-13(19)20/h6-7,9H,4-5,8H2,1-3H3,(H,19,20)(H2,16,17,21). The smallest absolute Gasteiger partial charge is 0.319 e. The minimum absolute atomic E-state index is 0.0357. The van der Waals surface area contributed by atoms with Gasteiger partial charge in [-0.1, -0.05) is 20.8 Å². The first-order valence-electron chi connectivity index (χ1n) is 7.17. The van der Waals surface area contributed by atoms with E-state index < -0.39 is 16.9 Å². The zero-order chi connectivity index (χ0) is 17.6. The molecule has 0 aromatic heterocycles. The number of nitro benzene ring substituents is 1. The highest BCUT2D eigenvalue weighted by Crippen LogP contribution is 2.33. The normalized spacial score (nSPS) is 10.9. The highest BCUT2D eigenvalue weighted by molar-refractivity contribution is 5.89. The molecule has 0 aliphatic heterocycles. The minimum Gasteiger partial charge on any atom is -0.481 e. The number of carbonyl (C=O) groups excluding carboxylic acids is 1. The molecule has 1 aromatic rings. The quantitative estimate of drug-likeness (QED) is 0.422. The number of carboxylic acids is 1. The first-order valence-corrected chi connectivity index (χ1v) is 7.17. The molecular weight excluding hydrogens is 302 g/mol. The van der Waals surface area contributed by atoms with Crippen molar-refractivity contribution in [2.45, 2.75) is 39.0 Å². The molecule has 0 atom stereocenters. The van der Waals surface area contributed by atoms with Crippen LogP contribution in [0.5, 0.6) is 0 Å². The Balaban J connectivity index is 2.74. The summed E-state index contributed by atoms with van der Waals surface area (Å²) in [5, 5.41) is 24.7. The van der Waals surface area contributed by atoms with E-state index in [1.165, 1.54) is 6.07 Å². The maximum atomic E-state index is 11.7. The molecule has 0 fully saturated rings. The molecule has 0 aliphatic rings. The molecule has 8 heteroatoms. The topological polar surface area (TPSA) is 122 Å². The summed E-state index contributed by atoms with van der Waals surface area (Å²) in [6.45, 7) is 5.83. The number of hydrogen-bond donors (Lipinski definition) is 3. The molecule has 0 unspecified atom stereocenters. The summed E-state index contributed by atoms with van der Waals surface area (Å²) in [7, 11) is 0. The summed E-state index contributed by atoms with van der Waals surface area (Å²) in [4.78, 5) is 32.8. The summed E-state index contributed by atoms with van der Waals surface area (Å²) in [5.74, 6) is -0.930. The van der Waals surface area contributed by atoms with E-state index in [1.807, 2.05) is 20.8 Å². The van der Waals surface area contributed by atoms with Crippen LogP contribution in [0.3, 0.4) is 0 Å². The average molecular weight is 323 g/mol. The maximum Gasteiger partial charge on any atom is 0.319 e. The molecule has 0 aliphatic carbocycles. The van der Waals surface area contributed by atoms with Crippen molar-refractivity contribution in [3.63, 3.8) is 0 Å². The van der Waals surface area contributed by atoms with Crippen molar-refractivity contribution in [2.75, 3.05) is 11.9 Å². The Morgan fingerprint density at radius 1 is 1.30 bits per heavy atom. The van der Waals surface area contributed by atoms with Gasteiger partial charge in [0.2, 0.25) is 0 Å². The fourth-order valence-corrected chi connectivity index (χ4v) is 2.01. The second-order valence-corrected chi connectivity index (χ2v) is 6.12. The van der Waals surface area contributed by atoms with E-state index in [4.69, 9.17) is 5.11 Å². The number of benzene rings is 1. The fraction of sp³-hybridized carbons (Fsp3) is 0.467. The lowest BCUT2D eigenvalue weighted by molar-refractivity contribution is -0.385. The van der Waals surface area contributed by atoms with Gasteiger partial charge >= 0.3 is 12.0 Å². The molecule has 0 saturated carbocycles. The van der Waals surface area contributed by atoms with Crippen LogP contribution >= 0.6 is 0 Å². The van der Waals surface area contributed by atoms with Gasteiger partial charge in [-0.25, -0.2) is 4.79 Å². The van der Waals surface area contributed by atoms with Crippen molar-refractivity contribution >= 4 is 23.4 Å². The number of rotatable bonds is 6. The van der Waals surface area contributed by atoms with E-state index in [2.05, 4.69) is 10.6 Å². The van der Waals surface area contributed by atoms with Gasteiger partial charge in [0.05, 0.1) is 4.92 Å². The predicted molar refractivity (Wildman–Crippen MR) is 85.7 cm³/mol. The van der Waals surface area contributed by atoms with Crippen LogP contribution in [0.4, 0.5) is 16.2 Å². The Bertz CT molecular complexity index is 608. The number of anilines is 1. The number of carbonyl (C=O) groups is 2.